The summed E-state index contributed by atoms with van der Waals surface area (Å²) in [6.45, 7) is 1.16. The van der Waals surface area contributed by atoms with E-state index in [4.69, 9.17) is 4.74 Å². The zero-order chi connectivity index (χ0) is 14.4. The molecule has 1 fully saturated rings. The normalized spacial score (nSPS) is 19.8. The highest BCUT2D eigenvalue weighted by molar-refractivity contribution is 7.89. The summed E-state index contributed by atoms with van der Waals surface area (Å²) in [5, 5.41) is 3.24. The lowest BCUT2D eigenvalue weighted by Gasteiger charge is -2.23. The first-order valence-electron chi connectivity index (χ1n) is 6.79. The largest absolute Gasteiger partial charge is 0.481 e. The number of hydrogen-bond acceptors (Lipinski definition) is 5. The first kappa shape index (κ1) is 15.2. The van der Waals surface area contributed by atoms with Crippen LogP contribution >= 0.6 is 0 Å². The van der Waals surface area contributed by atoms with Gasteiger partial charge in [-0.05, 0) is 31.0 Å². The summed E-state index contributed by atoms with van der Waals surface area (Å²) in [4.78, 5) is 3.99. The van der Waals surface area contributed by atoms with Crippen molar-refractivity contribution in [3.8, 4) is 5.88 Å². The number of nitrogens with one attached hydrogen (secondary N) is 2. The summed E-state index contributed by atoms with van der Waals surface area (Å²) in [7, 11) is -1.74. The summed E-state index contributed by atoms with van der Waals surface area (Å²) in [5.74, 6) is 0.616. The Morgan fingerprint density at radius 1 is 1.50 bits per heavy atom. The number of pyridine rings is 1. The van der Waals surface area contributed by atoms with Gasteiger partial charge in [0.15, 0.2) is 0 Å². The molecule has 2 rings (SSSR count). The Bertz CT molecular complexity index is 527. The molecule has 2 N–H and O–H groups in total. The molecule has 112 valence electrons. The molecule has 1 aliphatic rings. The van der Waals surface area contributed by atoms with E-state index in [1.54, 1.807) is 18.3 Å². The smallest absolute Gasteiger partial charge is 0.213 e. The Morgan fingerprint density at radius 2 is 2.35 bits per heavy atom. The lowest BCUT2D eigenvalue weighted by molar-refractivity contribution is 0.397. The predicted molar refractivity (Wildman–Crippen MR) is 77.1 cm³/mol. The molecular weight excluding hydrogens is 278 g/mol. The molecule has 0 spiro atoms. The topological polar surface area (TPSA) is 80.3 Å². The molecule has 0 aliphatic carbocycles. The van der Waals surface area contributed by atoms with E-state index in [2.05, 4.69) is 15.0 Å². The second kappa shape index (κ2) is 7.01. The van der Waals surface area contributed by atoms with Gasteiger partial charge in [-0.15, -0.1) is 0 Å². The number of piperidine rings is 1. The lowest BCUT2D eigenvalue weighted by atomic mass is 10.1. The molecule has 1 saturated heterocycles. The first-order valence-corrected chi connectivity index (χ1v) is 8.44. The van der Waals surface area contributed by atoms with Crippen LogP contribution in [0.1, 0.15) is 24.8 Å². The highest BCUT2D eigenvalue weighted by atomic mass is 32.2. The molecule has 1 aromatic rings. The summed E-state index contributed by atoms with van der Waals surface area (Å²) >= 11 is 0. The van der Waals surface area contributed by atoms with E-state index in [1.165, 1.54) is 7.11 Å². The van der Waals surface area contributed by atoms with E-state index in [0.29, 0.717) is 5.88 Å². The average Bonchev–Trinajstić information content (AvgIpc) is 2.46. The van der Waals surface area contributed by atoms with Crippen LogP contribution in [0.15, 0.2) is 18.3 Å². The van der Waals surface area contributed by atoms with Crippen LogP contribution in [0.3, 0.4) is 0 Å². The number of aromatic nitrogens is 1. The maximum atomic E-state index is 12.0. The molecule has 0 saturated carbocycles. The van der Waals surface area contributed by atoms with Crippen molar-refractivity contribution in [3.05, 3.63) is 23.9 Å². The molecular formula is C13H21N3O3S. The van der Waals surface area contributed by atoms with Gasteiger partial charge in [0, 0.05) is 24.8 Å². The molecule has 1 aromatic heterocycles. The number of ether oxygens (including phenoxy) is 1. The van der Waals surface area contributed by atoms with Gasteiger partial charge in [0.25, 0.3) is 0 Å². The Balaban J connectivity index is 1.87. The molecule has 2 heterocycles. The third-order valence-electron chi connectivity index (χ3n) is 3.34. The van der Waals surface area contributed by atoms with E-state index in [-0.39, 0.29) is 18.3 Å². The van der Waals surface area contributed by atoms with Gasteiger partial charge in [0.05, 0.1) is 12.9 Å². The van der Waals surface area contributed by atoms with Crippen LogP contribution in [0.4, 0.5) is 0 Å². The van der Waals surface area contributed by atoms with Gasteiger partial charge in [-0.25, -0.2) is 18.1 Å². The van der Waals surface area contributed by atoms with E-state index < -0.39 is 10.0 Å². The minimum atomic E-state index is -3.27. The summed E-state index contributed by atoms with van der Waals surface area (Å²) in [5.41, 5.74) is 0.831. The third kappa shape index (κ3) is 4.73. The van der Waals surface area contributed by atoms with Crippen LogP contribution in [0.25, 0.3) is 0 Å². The van der Waals surface area contributed by atoms with Crippen LogP contribution in [0.5, 0.6) is 5.88 Å². The second-order valence-corrected chi connectivity index (χ2v) is 6.81. The van der Waals surface area contributed by atoms with Crippen LogP contribution in [-0.2, 0) is 16.6 Å². The first-order chi connectivity index (χ1) is 9.59. The molecule has 6 nitrogen and oxygen atoms in total. The molecule has 1 unspecified atom stereocenters. The van der Waals surface area contributed by atoms with Gasteiger partial charge >= 0.3 is 0 Å². The van der Waals surface area contributed by atoms with Crippen LogP contribution in [0.2, 0.25) is 0 Å². The van der Waals surface area contributed by atoms with E-state index >= 15 is 0 Å². The highest BCUT2D eigenvalue weighted by Crippen LogP contribution is 2.10. The fraction of sp³-hybridized carbons (Fsp3) is 0.615. The van der Waals surface area contributed by atoms with Gasteiger partial charge in [-0.1, -0.05) is 6.42 Å². The van der Waals surface area contributed by atoms with Crippen molar-refractivity contribution in [2.75, 3.05) is 19.4 Å². The zero-order valence-corrected chi connectivity index (χ0v) is 12.4. The summed E-state index contributed by atoms with van der Waals surface area (Å²) < 4.78 is 31.7. The van der Waals surface area contributed by atoms with Crippen molar-refractivity contribution in [3.63, 3.8) is 0 Å². The van der Waals surface area contributed by atoms with Crippen LogP contribution in [-0.4, -0.2) is 38.9 Å². The van der Waals surface area contributed by atoms with E-state index in [9.17, 15) is 8.42 Å². The van der Waals surface area contributed by atoms with E-state index in [1.807, 2.05) is 0 Å². The molecule has 0 radical (unpaired) electrons. The number of methoxy groups -OCH3 is 1. The van der Waals surface area contributed by atoms with Crippen molar-refractivity contribution in [2.24, 2.45) is 0 Å². The fourth-order valence-corrected chi connectivity index (χ4v) is 3.57. The standard InChI is InChI=1S/C13H21N3O3S/c1-19-13-8-11(5-7-15-13)9-16-20(17,18)10-12-4-2-3-6-14-12/h5,7-8,12,14,16H,2-4,6,9-10H2,1H3. The Hall–Kier alpha value is -1.18. The molecule has 7 heteroatoms. The highest BCUT2D eigenvalue weighted by Gasteiger charge is 2.20. The molecule has 0 amide bonds. The minimum Gasteiger partial charge on any atom is -0.481 e. The molecule has 1 aliphatic heterocycles. The van der Waals surface area contributed by atoms with Crippen molar-refractivity contribution in [1.29, 1.82) is 0 Å². The van der Waals surface area contributed by atoms with Crippen LogP contribution in [0, 0.1) is 0 Å². The predicted octanol–water partition coefficient (Wildman–Crippen LogP) is 0.652. The zero-order valence-electron chi connectivity index (χ0n) is 11.6. The third-order valence-corrected chi connectivity index (χ3v) is 4.76. The van der Waals surface area contributed by atoms with Gasteiger partial charge in [0.1, 0.15) is 0 Å². The Labute approximate surface area is 120 Å². The maximum Gasteiger partial charge on any atom is 0.213 e. The Morgan fingerprint density at radius 3 is 3.05 bits per heavy atom. The lowest BCUT2D eigenvalue weighted by Crippen LogP contribution is -2.42. The van der Waals surface area contributed by atoms with Gasteiger partial charge in [0.2, 0.25) is 15.9 Å². The number of hydrogen-bond donors (Lipinski definition) is 2. The van der Waals surface area contributed by atoms with Gasteiger partial charge in [-0.2, -0.15) is 0 Å². The average molecular weight is 299 g/mol. The molecule has 0 bridgehead atoms. The number of nitrogens with zero attached hydrogens (tertiary/aromatic N) is 1. The maximum absolute atomic E-state index is 12.0. The van der Waals surface area contributed by atoms with E-state index in [0.717, 1.165) is 31.4 Å². The van der Waals surface area contributed by atoms with Crippen molar-refractivity contribution >= 4 is 10.0 Å². The van der Waals surface area contributed by atoms with Crippen molar-refractivity contribution in [1.82, 2.24) is 15.0 Å². The fourth-order valence-electron chi connectivity index (χ4n) is 2.26. The Kier molecular flexibility index (Phi) is 5.33. The molecule has 1 atom stereocenters. The van der Waals surface area contributed by atoms with Crippen molar-refractivity contribution in [2.45, 2.75) is 31.8 Å². The van der Waals surface area contributed by atoms with Crippen molar-refractivity contribution < 1.29 is 13.2 Å². The summed E-state index contributed by atoms with van der Waals surface area (Å²) in [6, 6.07) is 3.55. The van der Waals surface area contributed by atoms with Crippen LogP contribution < -0.4 is 14.8 Å². The van der Waals surface area contributed by atoms with Gasteiger partial charge in [-0.3, -0.25) is 0 Å². The SMILES string of the molecule is COc1cc(CNS(=O)(=O)CC2CCCCN2)ccn1. The second-order valence-electron chi connectivity index (χ2n) is 4.96. The number of rotatable bonds is 6. The summed E-state index contributed by atoms with van der Waals surface area (Å²) in [6.07, 6.45) is 4.74. The number of sulfonamides is 1. The quantitative estimate of drug-likeness (QED) is 0.806. The monoisotopic (exact) mass is 299 g/mol. The molecule has 0 aromatic carbocycles. The molecule has 20 heavy (non-hydrogen) atoms. The van der Waals surface area contributed by atoms with Gasteiger partial charge < -0.3 is 10.1 Å². The minimum absolute atomic E-state index is 0.0632.